The SMILES string of the molecule is CC(=O)[C@H](O)[C@@H](O)c1ccccc1. The molecule has 13 heavy (non-hydrogen) atoms. The number of carbonyl (C=O) groups excluding carboxylic acids is 1. The van der Waals surface area contributed by atoms with Crippen LogP contribution < -0.4 is 0 Å². The molecule has 1 rings (SSSR count). The Labute approximate surface area is 76.6 Å². The first-order chi connectivity index (χ1) is 6.13. The third kappa shape index (κ3) is 2.37. The third-order valence-corrected chi connectivity index (χ3v) is 1.86. The molecule has 1 aromatic carbocycles. The van der Waals surface area contributed by atoms with Crippen molar-refractivity contribution in [2.45, 2.75) is 19.1 Å². The van der Waals surface area contributed by atoms with Crippen LogP contribution in [0.4, 0.5) is 0 Å². The van der Waals surface area contributed by atoms with Gasteiger partial charge in [0.25, 0.3) is 0 Å². The number of aliphatic hydroxyl groups excluding tert-OH is 2. The van der Waals surface area contributed by atoms with Crippen molar-refractivity contribution < 1.29 is 15.0 Å². The van der Waals surface area contributed by atoms with Gasteiger partial charge in [0.2, 0.25) is 0 Å². The number of hydrogen-bond donors (Lipinski definition) is 2. The van der Waals surface area contributed by atoms with Crippen LogP contribution in [0.5, 0.6) is 0 Å². The number of Topliss-reactive ketones (excluding diaryl/α,β-unsaturated/α-hetero) is 1. The van der Waals surface area contributed by atoms with Crippen molar-refractivity contribution >= 4 is 5.78 Å². The van der Waals surface area contributed by atoms with E-state index in [9.17, 15) is 15.0 Å². The van der Waals surface area contributed by atoms with Gasteiger partial charge in [-0.1, -0.05) is 30.3 Å². The van der Waals surface area contributed by atoms with E-state index in [-0.39, 0.29) is 0 Å². The molecule has 0 aliphatic rings. The Hall–Kier alpha value is -1.19. The highest BCUT2D eigenvalue weighted by molar-refractivity contribution is 5.80. The van der Waals surface area contributed by atoms with E-state index < -0.39 is 18.0 Å². The normalized spacial score (nSPS) is 15.0. The van der Waals surface area contributed by atoms with Crippen LogP contribution in [0.2, 0.25) is 0 Å². The van der Waals surface area contributed by atoms with Gasteiger partial charge in [0.1, 0.15) is 12.2 Å². The number of aliphatic hydroxyl groups is 2. The predicted molar refractivity (Wildman–Crippen MR) is 48.1 cm³/mol. The third-order valence-electron chi connectivity index (χ3n) is 1.86. The molecule has 3 heteroatoms. The molecular formula is C10H12O3. The van der Waals surface area contributed by atoms with Crippen LogP contribution in [0, 0.1) is 0 Å². The zero-order chi connectivity index (χ0) is 9.84. The minimum Gasteiger partial charge on any atom is -0.385 e. The summed E-state index contributed by atoms with van der Waals surface area (Å²) in [5.74, 6) is -0.434. The molecule has 1 aromatic rings. The molecule has 0 radical (unpaired) electrons. The van der Waals surface area contributed by atoms with Crippen molar-refractivity contribution in [2.24, 2.45) is 0 Å². The lowest BCUT2D eigenvalue weighted by Crippen LogP contribution is -2.25. The molecular weight excluding hydrogens is 168 g/mol. The maximum atomic E-state index is 10.7. The van der Waals surface area contributed by atoms with Gasteiger partial charge in [0.15, 0.2) is 5.78 Å². The Kier molecular flexibility index (Phi) is 3.17. The Morgan fingerprint density at radius 2 is 1.77 bits per heavy atom. The van der Waals surface area contributed by atoms with Crippen LogP contribution >= 0.6 is 0 Å². The van der Waals surface area contributed by atoms with E-state index in [1.54, 1.807) is 30.3 Å². The fourth-order valence-corrected chi connectivity index (χ4v) is 1.05. The lowest BCUT2D eigenvalue weighted by molar-refractivity contribution is -0.130. The smallest absolute Gasteiger partial charge is 0.161 e. The highest BCUT2D eigenvalue weighted by Crippen LogP contribution is 2.16. The molecule has 70 valence electrons. The average Bonchev–Trinajstić information content (AvgIpc) is 2.17. The van der Waals surface area contributed by atoms with Gasteiger partial charge in [-0.25, -0.2) is 0 Å². The lowest BCUT2D eigenvalue weighted by atomic mass is 10.0. The number of hydrogen-bond acceptors (Lipinski definition) is 3. The van der Waals surface area contributed by atoms with E-state index in [2.05, 4.69) is 0 Å². The minimum atomic E-state index is -1.33. The van der Waals surface area contributed by atoms with Gasteiger partial charge in [0.05, 0.1) is 0 Å². The van der Waals surface area contributed by atoms with Crippen LogP contribution in [-0.2, 0) is 4.79 Å². The van der Waals surface area contributed by atoms with Crippen molar-refractivity contribution in [1.82, 2.24) is 0 Å². The summed E-state index contributed by atoms with van der Waals surface area (Å²) in [7, 11) is 0. The topological polar surface area (TPSA) is 57.5 Å². The first kappa shape index (κ1) is 9.89. The van der Waals surface area contributed by atoms with Gasteiger partial charge >= 0.3 is 0 Å². The number of rotatable bonds is 3. The fourth-order valence-electron chi connectivity index (χ4n) is 1.05. The maximum Gasteiger partial charge on any atom is 0.161 e. The van der Waals surface area contributed by atoms with Gasteiger partial charge in [-0.3, -0.25) is 4.79 Å². The Bertz CT molecular complexity index is 281. The van der Waals surface area contributed by atoms with Gasteiger partial charge in [0, 0.05) is 0 Å². The first-order valence-electron chi connectivity index (χ1n) is 4.04. The molecule has 2 atom stereocenters. The second-order valence-corrected chi connectivity index (χ2v) is 2.91. The molecule has 0 bridgehead atoms. The second kappa shape index (κ2) is 4.16. The van der Waals surface area contributed by atoms with E-state index >= 15 is 0 Å². The van der Waals surface area contributed by atoms with Gasteiger partial charge in [-0.15, -0.1) is 0 Å². The van der Waals surface area contributed by atoms with Crippen molar-refractivity contribution in [3.63, 3.8) is 0 Å². The fraction of sp³-hybridized carbons (Fsp3) is 0.300. The number of ketones is 1. The molecule has 0 aliphatic carbocycles. The van der Waals surface area contributed by atoms with Crippen LogP contribution in [0.1, 0.15) is 18.6 Å². The molecule has 0 spiro atoms. The predicted octanol–water partition coefficient (Wildman–Crippen LogP) is 0.670. The second-order valence-electron chi connectivity index (χ2n) is 2.91. The summed E-state index contributed by atoms with van der Waals surface area (Å²) in [4.78, 5) is 10.7. The summed E-state index contributed by atoms with van der Waals surface area (Å²) in [6.07, 6.45) is -2.46. The largest absolute Gasteiger partial charge is 0.385 e. The van der Waals surface area contributed by atoms with Crippen molar-refractivity contribution in [3.05, 3.63) is 35.9 Å². The van der Waals surface area contributed by atoms with Crippen LogP contribution in [0.25, 0.3) is 0 Å². The summed E-state index contributed by atoms with van der Waals surface area (Å²) in [6, 6.07) is 8.61. The van der Waals surface area contributed by atoms with E-state index in [0.717, 1.165) is 0 Å². The standard InChI is InChI=1S/C10H12O3/c1-7(11)9(12)10(13)8-5-3-2-4-6-8/h2-6,9-10,12-13H,1H3/t9-,10-/m0/s1. The number of carbonyl (C=O) groups is 1. The van der Waals surface area contributed by atoms with E-state index in [1.807, 2.05) is 0 Å². The highest BCUT2D eigenvalue weighted by Gasteiger charge is 2.21. The van der Waals surface area contributed by atoms with Crippen LogP contribution in [0.15, 0.2) is 30.3 Å². The zero-order valence-electron chi connectivity index (χ0n) is 7.34. The van der Waals surface area contributed by atoms with Gasteiger partial charge < -0.3 is 10.2 Å². The number of benzene rings is 1. The van der Waals surface area contributed by atoms with Crippen LogP contribution in [-0.4, -0.2) is 22.1 Å². The maximum absolute atomic E-state index is 10.7. The monoisotopic (exact) mass is 180 g/mol. The summed E-state index contributed by atoms with van der Waals surface area (Å²) >= 11 is 0. The Morgan fingerprint density at radius 1 is 1.23 bits per heavy atom. The van der Waals surface area contributed by atoms with Gasteiger partial charge in [-0.05, 0) is 12.5 Å². The molecule has 0 heterocycles. The highest BCUT2D eigenvalue weighted by atomic mass is 16.3. The molecule has 0 fully saturated rings. The first-order valence-corrected chi connectivity index (χ1v) is 4.04. The molecule has 0 amide bonds. The molecule has 0 aromatic heterocycles. The minimum absolute atomic E-state index is 0.434. The Balaban J connectivity index is 2.79. The lowest BCUT2D eigenvalue weighted by Gasteiger charge is -2.14. The van der Waals surface area contributed by atoms with E-state index in [1.165, 1.54) is 6.92 Å². The summed E-state index contributed by atoms with van der Waals surface area (Å²) in [5.41, 5.74) is 0.546. The summed E-state index contributed by atoms with van der Waals surface area (Å²) in [5, 5.41) is 18.7. The molecule has 0 saturated heterocycles. The molecule has 3 nitrogen and oxygen atoms in total. The summed E-state index contributed by atoms with van der Waals surface area (Å²) < 4.78 is 0. The zero-order valence-corrected chi connectivity index (χ0v) is 7.34. The van der Waals surface area contributed by atoms with Crippen molar-refractivity contribution in [1.29, 1.82) is 0 Å². The summed E-state index contributed by atoms with van der Waals surface area (Å²) in [6.45, 7) is 1.25. The van der Waals surface area contributed by atoms with Gasteiger partial charge in [-0.2, -0.15) is 0 Å². The molecule has 0 unspecified atom stereocenters. The molecule has 2 N–H and O–H groups in total. The van der Waals surface area contributed by atoms with Crippen molar-refractivity contribution in [3.8, 4) is 0 Å². The average molecular weight is 180 g/mol. The quantitative estimate of drug-likeness (QED) is 0.718. The molecule has 0 aliphatic heterocycles. The van der Waals surface area contributed by atoms with E-state index in [4.69, 9.17) is 0 Å². The van der Waals surface area contributed by atoms with Crippen LogP contribution in [0.3, 0.4) is 0 Å². The van der Waals surface area contributed by atoms with E-state index in [0.29, 0.717) is 5.56 Å². The Morgan fingerprint density at radius 3 is 2.23 bits per heavy atom. The molecule has 0 saturated carbocycles. The van der Waals surface area contributed by atoms with Crippen molar-refractivity contribution in [2.75, 3.05) is 0 Å².